The zero-order valence-corrected chi connectivity index (χ0v) is 11.6. The third-order valence-electron chi connectivity index (χ3n) is 3.65. The van der Waals surface area contributed by atoms with Gasteiger partial charge in [-0.15, -0.1) is 0 Å². The lowest BCUT2D eigenvalue weighted by Crippen LogP contribution is -2.44. The maximum Gasteiger partial charge on any atom is 0.255 e. The normalized spacial score (nSPS) is 19.3. The van der Waals surface area contributed by atoms with E-state index in [0.717, 1.165) is 31.5 Å². The van der Waals surface area contributed by atoms with Crippen LogP contribution in [0.3, 0.4) is 0 Å². The molecule has 102 valence electrons. The number of nitrogens with zero attached hydrogens (tertiary/aromatic N) is 2. The van der Waals surface area contributed by atoms with Gasteiger partial charge in [-0.25, -0.2) is 0 Å². The maximum absolute atomic E-state index is 12.6. The number of carbonyl (C=O) groups is 2. The monoisotopic (exact) mass is 260 g/mol. The number of piperidine rings is 1. The molecule has 1 atom stereocenters. The lowest BCUT2D eigenvalue weighted by molar-refractivity contribution is -0.118. The largest absolute Gasteiger partial charge is 0.335 e. The van der Waals surface area contributed by atoms with Gasteiger partial charge in [-0.3, -0.25) is 14.6 Å². The molecule has 1 amide bonds. The molecule has 0 bridgehead atoms. The minimum absolute atomic E-state index is 0.0107. The zero-order valence-electron chi connectivity index (χ0n) is 11.6. The number of Topliss-reactive ketones (excluding diaryl/α,β-unsaturated/α-hetero) is 1. The average molecular weight is 260 g/mol. The molecule has 0 aromatic carbocycles. The Morgan fingerprint density at radius 3 is 2.89 bits per heavy atom. The van der Waals surface area contributed by atoms with E-state index in [0.29, 0.717) is 12.0 Å². The van der Waals surface area contributed by atoms with Gasteiger partial charge in [-0.1, -0.05) is 0 Å². The first-order chi connectivity index (χ1) is 9.09. The standard InChI is InChI=1S/C15H20N2O2/c1-11(18)10-13-6-3-4-9-17(13)15(19)14-7-5-8-16-12(14)2/h5,7-8,13H,3-4,6,9-10H2,1-2H3. The lowest BCUT2D eigenvalue weighted by Gasteiger charge is -2.35. The molecule has 1 unspecified atom stereocenters. The number of rotatable bonds is 3. The Kier molecular flexibility index (Phi) is 4.30. The molecule has 19 heavy (non-hydrogen) atoms. The van der Waals surface area contributed by atoms with Crippen molar-refractivity contribution in [2.24, 2.45) is 0 Å². The molecule has 0 aliphatic carbocycles. The van der Waals surface area contributed by atoms with Crippen LogP contribution >= 0.6 is 0 Å². The molecule has 0 radical (unpaired) electrons. The van der Waals surface area contributed by atoms with Gasteiger partial charge in [0, 0.05) is 30.9 Å². The lowest BCUT2D eigenvalue weighted by atomic mass is 9.96. The molecule has 1 aliphatic heterocycles. The number of amides is 1. The molecule has 2 heterocycles. The van der Waals surface area contributed by atoms with E-state index < -0.39 is 0 Å². The molecule has 1 aromatic heterocycles. The Morgan fingerprint density at radius 1 is 1.42 bits per heavy atom. The topological polar surface area (TPSA) is 50.3 Å². The maximum atomic E-state index is 12.6. The highest BCUT2D eigenvalue weighted by atomic mass is 16.2. The van der Waals surface area contributed by atoms with Crippen LogP contribution in [0.1, 0.15) is 48.7 Å². The summed E-state index contributed by atoms with van der Waals surface area (Å²) in [6, 6.07) is 3.65. The Balaban J connectivity index is 2.20. The molecule has 1 aromatic rings. The molecule has 0 N–H and O–H groups in total. The van der Waals surface area contributed by atoms with E-state index in [1.807, 2.05) is 17.9 Å². The van der Waals surface area contributed by atoms with Crippen LogP contribution in [0.25, 0.3) is 0 Å². The number of hydrogen-bond acceptors (Lipinski definition) is 3. The minimum Gasteiger partial charge on any atom is -0.335 e. The molecule has 1 saturated heterocycles. The molecule has 4 heteroatoms. The van der Waals surface area contributed by atoms with Crippen molar-refractivity contribution >= 4 is 11.7 Å². The fraction of sp³-hybridized carbons (Fsp3) is 0.533. The van der Waals surface area contributed by atoms with E-state index in [4.69, 9.17) is 0 Å². The van der Waals surface area contributed by atoms with Gasteiger partial charge in [0.2, 0.25) is 0 Å². The van der Waals surface area contributed by atoms with Crippen molar-refractivity contribution < 1.29 is 9.59 Å². The van der Waals surface area contributed by atoms with Gasteiger partial charge in [-0.2, -0.15) is 0 Å². The summed E-state index contributed by atoms with van der Waals surface area (Å²) in [5, 5.41) is 0. The predicted octanol–water partition coefficient (Wildman–Crippen LogP) is 2.36. The number of aromatic nitrogens is 1. The fourth-order valence-corrected chi connectivity index (χ4v) is 2.68. The van der Waals surface area contributed by atoms with Crippen molar-refractivity contribution in [1.29, 1.82) is 0 Å². The van der Waals surface area contributed by atoms with E-state index >= 15 is 0 Å². The second kappa shape index (κ2) is 5.95. The number of hydrogen-bond donors (Lipinski definition) is 0. The van der Waals surface area contributed by atoms with E-state index in [9.17, 15) is 9.59 Å². The average Bonchev–Trinajstić information content (AvgIpc) is 2.38. The van der Waals surface area contributed by atoms with Crippen molar-refractivity contribution in [2.45, 2.75) is 45.6 Å². The summed E-state index contributed by atoms with van der Waals surface area (Å²) in [4.78, 5) is 29.9. The van der Waals surface area contributed by atoms with Gasteiger partial charge in [0.1, 0.15) is 5.78 Å². The summed E-state index contributed by atoms with van der Waals surface area (Å²) in [5.41, 5.74) is 1.40. The number of carbonyl (C=O) groups excluding carboxylic acids is 2. The van der Waals surface area contributed by atoms with Gasteiger partial charge >= 0.3 is 0 Å². The summed E-state index contributed by atoms with van der Waals surface area (Å²) in [5.74, 6) is 0.157. The minimum atomic E-state index is 0.0107. The highest BCUT2D eigenvalue weighted by Gasteiger charge is 2.28. The van der Waals surface area contributed by atoms with Crippen LogP contribution in [0.4, 0.5) is 0 Å². The van der Waals surface area contributed by atoms with Gasteiger partial charge in [0.05, 0.1) is 5.56 Å². The van der Waals surface area contributed by atoms with Crippen LogP contribution in [0, 0.1) is 6.92 Å². The Hall–Kier alpha value is -1.71. The van der Waals surface area contributed by atoms with E-state index in [2.05, 4.69) is 4.98 Å². The molecule has 0 saturated carbocycles. The summed E-state index contributed by atoms with van der Waals surface area (Å²) in [6.45, 7) is 4.18. The van der Waals surface area contributed by atoms with Crippen LogP contribution in [0.5, 0.6) is 0 Å². The van der Waals surface area contributed by atoms with Crippen molar-refractivity contribution in [3.63, 3.8) is 0 Å². The second-order valence-corrected chi connectivity index (χ2v) is 5.19. The zero-order chi connectivity index (χ0) is 13.8. The second-order valence-electron chi connectivity index (χ2n) is 5.19. The van der Waals surface area contributed by atoms with Gasteiger partial charge < -0.3 is 4.90 Å². The van der Waals surface area contributed by atoms with Crippen molar-refractivity contribution in [2.75, 3.05) is 6.54 Å². The van der Waals surface area contributed by atoms with Gasteiger partial charge in [0.25, 0.3) is 5.91 Å². The predicted molar refractivity (Wildman–Crippen MR) is 72.9 cm³/mol. The third kappa shape index (κ3) is 3.19. The molecule has 1 fully saturated rings. The van der Waals surface area contributed by atoms with Gasteiger partial charge in [0.15, 0.2) is 0 Å². The van der Waals surface area contributed by atoms with Crippen LogP contribution < -0.4 is 0 Å². The highest BCUT2D eigenvalue weighted by molar-refractivity contribution is 5.95. The fourth-order valence-electron chi connectivity index (χ4n) is 2.68. The molecular formula is C15H20N2O2. The molecular weight excluding hydrogens is 240 g/mol. The molecule has 1 aliphatic rings. The van der Waals surface area contributed by atoms with E-state index in [1.165, 1.54) is 0 Å². The number of ketones is 1. The first-order valence-corrected chi connectivity index (χ1v) is 6.81. The van der Waals surface area contributed by atoms with Crippen LogP contribution in [-0.2, 0) is 4.79 Å². The van der Waals surface area contributed by atoms with Crippen molar-refractivity contribution in [1.82, 2.24) is 9.88 Å². The summed E-state index contributed by atoms with van der Waals surface area (Å²) in [6.07, 6.45) is 5.18. The van der Waals surface area contributed by atoms with Crippen LogP contribution in [-0.4, -0.2) is 34.2 Å². The first kappa shape index (κ1) is 13.7. The highest BCUT2D eigenvalue weighted by Crippen LogP contribution is 2.22. The van der Waals surface area contributed by atoms with Crippen molar-refractivity contribution in [3.8, 4) is 0 Å². The van der Waals surface area contributed by atoms with Crippen LogP contribution in [0.15, 0.2) is 18.3 Å². The molecule has 0 spiro atoms. The SMILES string of the molecule is CC(=O)CC1CCCCN1C(=O)c1cccnc1C. The number of pyridine rings is 1. The van der Waals surface area contributed by atoms with Crippen LogP contribution in [0.2, 0.25) is 0 Å². The summed E-state index contributed by atoms with van der Waals surface area (Å²) < 4.78 is 0. The Labute approximate surface area is 113 Å². The Morgan fingerprint density at radius 2 is 2.21 bits per heavy atom. The number of likely N-dealkylation sites (tertiary alicyclic amines) is 1. The summed E-state index contributed by atoms with van der Waals surface area (Å²) >= 11 is 0. The van der Waals surface area contributed by atoms with E-state index in [-0.39, 0.29) is 17.7 Å². The molecule has 4 nitrogen and oxygen atoms in total. The first-order valence-electron chi connectivity index (χ1n) is 6.81. The quantitative estimate of drug-likeness (QED) is 0.838. The van der Waals surface area contributed by atoms with Crippen molar-refractivity contribution in [3.05, 3.63) is 29.6 Å². The summed E-state index contributed by atoms with van der Waals surface area (Å²) in [7, 11) is 0. The number of aryl methyl sites for hydroxylation is 1. The Bertz CT molecular complexity index is 485. The van der Waals surface area contributed by atoms with E-state index in [1.54, 1.807) is 19.2 Å². The third-order valence-corrected chi connectivity index (χ3v) is 3.65. The molecule has 2 rings (SSSR count). The van der Waals surface area contributed by atoms with Gasteiger partial charge in [-0.05, 0) is 45.2 Å². The smallest absolute Gasteiger partial charge is 0.255 e.